The van der Waals surface area contributed by atoms with E-state index in [9.17, 15) is 9.59 Å². The smallest absolute Gasteiger partial charge is 0.410 e. The average Bonchev–Trinajstić information content (AvgIpc) is 2.66. The van der Waals surface area contributed by atoms with Gasteiger partial charge in [-0.05, 0) is 18.4 Å². The molecule has 0 aliphatic carbocycles. The summed E-state index contributed by atoms with van der Waals surface area (Å²) in [6.45, 7) is 6.82. The predicted octanol–water partition coefficient (Wildman–Crippen LogP) is 3.68. The van der Waals surface area contributed by atoms with E-state index in [2.05, 4.69) is 13.8 Å². The number of hydrogen-bond donors (Lipinski definition) is 0. The van der Waals surface area contributed by atoms with Crippen LogP contribution in [-0.4, -0.2) is 48.0 Å². The summed E-state index contributed by atoms with van der Waals surface area (Å²) in [6.07, 6.45) is 3.66. The molecule has 5 nitrogen and oxygen atoms in total. The number of carbonyl (C=O) groups is 2. The summed E-state index contributed by atoms with van der Waals surface area (Å²) in [4.78, 5) is 28.5. The van der Waals surface area contributed by atoms with E-state index >= 15 is 0 Å². The van der Waals surface area contributed by atoms with Crippen molar-refractivity contribution < 1.29 is 14.3 Å². The van der Waals surface area contributed by atoms with Crippen molar-refractivity contribution in [1.29, 1.82) is 0 Å². The molecule has 25 heavy (non-hydrogen) atoms. The maximum atomic E-state index is 12.7. The molecule has 2 amide bonds. The van der Waals surface area contributed by atoms with Crippen molar-refractivity contribution >= 4 is 12.0 Å². The van der Waals surface area contributed by atoms with E-state index in [0.717, 1.165) is 31.2 Å². The third-order valence-electron chi connectivity index (χ3n) is 4.68. The third kappa shape index (κ3) is 5.76. The van der Waals surface area contributed by atoms with Gasteiger partial charge >= 0.3 is 6.09 Å². The molecule has 1 fully saturated rings. The van der Waals surface area contributed by atoms with E-state index in [-0.39, 0.29) is 24.5 Å². The minimum absolute atomic E-state index is 0.131. The number of ether oxygens (including phenoxy) is 1. The van der Waals surface area contributed by atoms with Crippen LogP contribution in [0, 0.1) is 5.92 Å². The van der Waals surface area contributed by atoms with Crippen molar-refractivity contribution in [3.05, 3.63) is 35.9 Å². The van der Waals surface area contributed by atoms with Crippen LogP contribution in [0.25, 0.3) is 0 Å². The SMILES string of the molecule is CCCC(CCC)C(=O)N1CCN(C(=O)OCc2ccccc2)CC1. The number of hydrogen-bond acceptors (Lipinski definition) is 3. The van der Waals surface area contributed by atoms with Gasteiger partial charge in [0.1, 0.15) is 6.61 Å². The zero-order chi connectivity index (χ0) is 18.1. The van der Waals surface area contributed by atoms with Gasteiger partial charge in [-0.1, -0.05) is 57.0 Å². The van der Waals surface area contributed by atoms with Crippen molar-refractivity contribution in [3.8, 4) is 0 Å². The van der Waals surface area contributed by atoms with Crippen molar-refractivity contribution in [1.82, 2.24) is 9.80 Å². The molecule has 1 saturated heterocycles. The highest BCUT2D eigenvalue weighted by Gasteiger charge is 2.28. The minimum Gasteiger partial charge on any atom is -0.445 e. The van der Waals surface area contributed by atoms with E-state index in [0.29, 0.717) is 26.2 Å². The van der Waals surface area contributed by atoms with E-state index in [4.69, 9.17) is 4.74 Å². The van der Waals surface area contributed by atoms with Crippen molar-refractivity contribution in [2.45, 2.75) is 46.1 Å². The van der Waals surface area contributed by atoms with Gasteiger partial charge in [-0.25, -0.2) is 4.79 Å². The largest absolute Gasteiger partial charge is 0.445 e. The number of piperazine rings is 1. The Hall–Kier alpha value is -2.04. The van der Waals surface area contributed by atoms with Gasteiger partial charge in [0.2, 0.25) is 5.91 Å². The first-order valence-electron chi connectivity index (χ1n) is 9.40. The molecule has 0 saturated carbocycles. The second-order valence-electron chi connectivity index (χ2n) is 6.63. The Kier molecular flexibility index (Phi) is 7.76. The van der Waals surface area contributed by atoms with Gasteiger partial charge in [-0.2, -0.15) is 0 Å². The summed E-state index contributed by atoms with van der Waals surface area (Å²) >= 11 is 0. The standard InChI is InChI=1S/C20H30N2O3/c1-3-8-18(9-4-2)19(23)21-12-14-22(15-13-21)20(24)25-16-17-10-6-5-7-11-17/h5-7,10-11,18H,3-4,8-9,12-16H2,1-2H3. The van der Waals surface area contributed by atoms with Crippen LogP contribution in [-0.2, 0) is 16.1 Å². The second kappa shape index (κ2) is 10.1. The molecular formula is C20H30N2O3. The van der Waals surface area contributed by atoms with Crippen LogP contribution in [0.4, 0.5) is 4.79 Å². The second-order valence-corrected chi connectivity index (χ2v) is 6.63. The lowest BCUT2D eigenvalue weighted by atomic mass is 9.96. The van der Waals surface area contributed by atoms with Crippen LogP contribution in [0.15, 0.2) is 30.3 Å². The Labute approximate surface area is 150 Å². The first-order valence-corrected chi connectivity index (χ1v) is 9.40. The quantitative estimate of drug-likeness (QED) is 0.757. The highest BCUT2D eigenvalue weighted by atomic mass is 16.6. The molecule has 0 bridgehead atoms. The summed E-state index contributed by atoms with van der Waals surface area (Å²) in [6, 6.07) is 9.66. The molecular weight excluding hydrogens is 316 g/mol. The molecule has 1 aliphatic rings. The van der Waals surface area contributed by atoms with Crippen LogP contribution in [0.1, 0.15) is 45.1 Å². The minimum atomic E-state index is -0.297. The van der Waals surface area contributed by atoms with Crippen molar-refractivity contribution in [2.75, 3.05) is 26.2 Å². The van der Waals surface area contributed by atoms with Crippen LogP contribution in [0.3, 0.4) is 0 Å². The Morgan fingerprint density at radius 1 is 0.960 bits per heavy atom. The highest BCUT2D eigenvalue weighted by Crippen LogP contribution is 2.18. The molecule has 0 radical (unpaired) electrons. The zero-order valence-corrected chi connectivity index (χ0v) is 15.4. The summed E-state index contributed by atoms with van der Waals surface area (Å²) in [5.74, 6) is 0.382. The van der Waals surface area contributed by atoms with Crippen LogP contribution < -0.4 is 0 Å². The summed E-state index contributed by atoms with van der Waals surface area (Å²) in [7, 11) is 0. The van der Waals surface area contributed by atoms with Crippen molar-refractivity contribution in [3.63, 3.8) is 0 Å². The number of benzene rings is 1. The number of nitrogens with zero attached hydrogens (tertiary/aromatic N) is 2. The fraction of sp³-hybridized carbons (Fsp3) is 0.600. The van der Waals surface area contributed by atoms with Gasteiger partial charge in [0.05, 0.1) is 0 Å². The molecule has 138 valence electrons. The lowest BCUT2D eigenvalue weighted by Gasteiger charge is -2.36. The first-order chi connectivity index (χ1) is 12.2. The maximum absolute atomic E-state index is 12.7. The molecule has 0 spiro atoms. The normalized spacial score (nSPS) is 14.7. The van der Waals surface area contributed by atoms with Gasteiger partial charge < -0.3 is 14.5 Å². The fourth-order valence-electron chi connectivity index (χ4n) is 3.27. The predicted molar refractivity (Wildman–Crippen MR) is 98.1 cm³/mol. The Balaban J connectivity index is 1.78. The Morgan fingerprint density at radius 2 is 1.52 bits per heavy atom. The summed E-state index contributed by atoms with van der Waals surface area (Å²) in [5.41, 5.74) is 0.978. The Bertz CT molecular complexity index is 533. The molecule has 1 aromatic carbocycles. The summed E-state index contributed by atoms with van der Waals surface area (Å²) < 4.78 is 5.37. The van der Waals surface area contributed by atoms with Crippen LogP contribution in [0.5, 0.6) is 0 Å². The molecule has 0 unspecified atom stereocenters. The topological polar surface area (TPSA) is 49.9 Å². The van der Waals surface area contributed by atoms with Gasteiger partial charge in [-0.3, -0.25) is 4.79 Å². The molecule has 0 aromatic heterocycles. The van der Waals surface area contributed by atoms with Crippen LogP contribution >= 0.6 is 0 Å². The van der Waals surface area contributed by atoms with Gasteiger partial charge in [0.25, 0.3) is 0 Å². The molecule has 1 heterocycles. The molecule has 2 rings (SSSR count). The molecule has 1 aromatic rings. The highest BCUT2D eigenvalue weighted by molar-refractivity contribution is 5.79. The molecule has 1 aliphatic heterocycles. The molecule has 5 heteroatoms. The monoisotopic (exact) mass is 346 g/mol. The van der Waals surface area contributed by atoms with Gasteiger partial charge in [0, 0.05) is 32.1 Å². The number of carbonyl (C=O) groups excluding carboxylic acids is 2. The number of amides is 2. The van der Waals surface area contributed by atoms with Crippen LogP contribution in [0.2, 0.25) is 0 Å². The Morgan fingerprint density at radius 3 is 2.08 bits per heavy atom. The van der Waals surface area contributed by atoms with Gasteiger partial charge in [-0.15, -0.1) is 0 Å². The lowest BCUT2D eigenvalue weighted by Crippen LogP contribution is -2.52. The molecule has 0 N–H and O–H groups in total. The maximum Gasteiger partial charge on any atom is 0.410 e. The fourth-order valence-corrected chi connectivity index (χ4v) is 3.27. The van der Waals surface area contributed by atoms with E-state index in [1.54, 1.807) is 4.90 Å². The van der Waals surface area contributed by atoms with E-state index < -0.39 is 0 Å². The van der Waals surface area contributed by atoms with E-state index in [1.807, 2.05) is 35.2 Å². The first kappa shape index (κ1) is 19.3. The number of rotatable bonds is 7. The third-order valence-corrected chi connectivity index (χ3v) is 4.68. The van der Waals surface area contributed by atoms with Crippen molar-refractivity contribution in [2.24, 2.45) is 5.92 Å². The lowest BCUT2D eigenvalue weighted by molar-refractivity contribution is -0.137. The summed E-state index contributed by atoms with van der Waals surface area (Å²) in [5, 5.41) is 0. The average molecular weight is 346 g/mol. The molecule has 0 atom stereocenters. The van der Waals surface area contributed by atoms with Gasteiger partial charge in [0.15, 0.2) is 0 Å². The zero-order valence-electron chi connectivity index (χ0n) is 15.4. The van der Waals surface area contributed by atoms with E-state index in [1.165, 1.54) is 0 Å².